The van der Waals surface area contributed by atoms with Crippen LogP contribution in [0.2, 0.25) is 5.02 Å². The average molecular weight is 382 g/mol. The molecule has 4 aliphatic rings. The van der Waals surface area contributed by atoms with Crippen LogP contribution in [0.5, 0.6) is 0 Å². The fourth-order valence-electron chi connectivity index (χ4n) is 4.37. The van der Waals surface area contributed by atoms with Crippen molar-refractivity contribution in [3.8, 4) is 0 Å². The third-order valence-corrected chi connectivity index (χ3v) is 5.78. The van der Waals surface area contributed by atoms with Crippen LogP contribution >= 0.6 is 23.8 Å². The SMILES string of the molecule is CC12CN3CCN(CC(C3)/C1=N/NC(=S)Nc1ccc(F)c(Cl)c1)C2. The minimum atomic E-state index is -0.450. The maximum atomic E-state index is 13.2. The van der Waals surface area contributed by atoms with Gasteiger partial charge in [0, 0.05) is 56.3 Å². The molecule has 2 N–H and O–H groups in total. The topological polar surface area (TPSA) is 42.9 Å². The maximum absolute atomic E-state index is 13.2. The van der Waals surface area contributed by atoms with Crippen LogP contribution in [-0.4, -0.2) is 59.9 Å². The molecule has 4 bridgehead atoms. The van der Waals surface area contributed by atoms with Crippen molar-refractivity contribution in [1.29, 1.82) is 0 Å². The molecule has 4 aliphatic heterocycles. The van der Waals surface area contributed by atoms with Crippen molar-refractivity contribution in [1.82, 2.24) is 15.2 Å². The highest BCUT2D eigenvalue weighted by Crippen LogP contribution is 2.38. The van der Waals surface area contributed by atoms with Gasteiger partial charge in [-0.05, 0) is 30.4 Å². The van der Waals surface area contributed by atoms with E-state index in [1.54, 1.807) is 6.07 Å². The fraction of sp³-hybridized carbons (Fsp3) is 0.529. The summed E-state index contributed by atoms with van der Waals surface area (Å²) >= 11 is 11.1. The summed E-state index contributed by atoms with van der Waals surface area (Å²) in [6.07, 6.45) is 0. The van der Waals surface area contributed by atoms with E-state index in [4.69, 9.17) is 23.8 Å². The van der Waals surface area contributed by atoms with Crippen LogP contribution in [0.3, 0.4) is 0 Å². The second kappa shape index (κ2) is 6.46. The molecular formula is C17H21ClFN5S. The van der Waals surface area contributed by atoms with E-state index in [0.717, 1.165) is 39.3 Å². The number of hydrogen-bond donors (Lipinski definition) is 2. The Kier molecular flexibility index (Phi) is 4.43. The van der Waals surface area contributed by atoms with Crippen LogP contribution < -0.4 is 10.7 Å². The van der Waals surface area contributed by atoms with Gasteiger partial charge in [-0.1, -0.05) is 18.5 Å². The highest BCUT2D eigenvalue weighted by Gasteiger charge is 2.49. The van der Waals surface area contributed by atoms with Crippen molar-refractivity contribution in [2.75, 3.05) is 44.6 Å². The number of benzene rings is 1. The number of hydrazone groups is 1. The van der Waals surface area contributed by atoms with Crippen molar-refractivity contribution < 1.29 is 4.39 Å². The normalized spacial score (nSPS) is 34.8. The Morgan fingerprint density at radius 3 is 2.60 bits per heavy atom. The lowest BCUT2D eigenvalue weighted by atomic mass is 9.72. The molecule has 25 heavy (non-hydrogen) atoms. The highest BCUT2D eigenvalue weighted by molar-refractivity contribution is 7.80. The number of rotatable bonds is 2. The second-order valence-corrected chi connectivity index (χ2v) is 8.24. The number of anilines is 1. The predicted octanol–water partition coefficient (Wildman–Crippen LogP) is 2.39. The van der Waals surface area contributed by atoms with E-state index in [1.807, 2.05) is 0 Å². The molecule has 0 aromatic heterocycles. The minimum Gasteiger partial charge on any atom is -0.331 e. The summed E-state index contributed by atoms with van der Waals surface area (Å²) in [5.41, 5.74) is 4.89. The number of halogens is 2. The van der Waals surface area contributed by atoms with Gasteiger partial charge in [0.25, 0.3) is 0 Å². The number of hydrogen-bond acceptors (Lipinski definition) is 4. The van der Waals surface area contributed by atoms with Gasteiger partial charge in [-0.25, -0.2) is 4.39 Å². The Morgan fingerprint density at radius 2 is 2.00 bits per heavy atom. The number of fused-ring (bicyclic) bond motifs is 1. The molecule has 1 aromatic carbocycles. The standard InChI is InChI=1S/C17H21ClFN5S/c1-17-9-23-4-5-24(10-17)8-11(7-23)15(17)21-22-16(25)20-12-2-3-14(19)13(18)6-12/h2-3,6,11H,4-5,7-10H2,1H3,(H2,20,22,25)/b21-15-. The van der Waals surface area contributed by atoms with E-state index in [1.165, 1.54) is 17.8 Å². The first-order chi connectivity index (χ1) is 11.9. The lowest BCUT2D eigenvalue weighted by Gasteiger charge is -2.48. The monoisotopic (exact) mass is 381 g/mol. The molecule has 5 nitrogen and oxygen atoms in total. The van der Waals surface area contributed by atoms with Crippen molar-refractivity contribution in [2.24, 2.45) is 16.4 Å². The molecule has 2 atom stereocenters. The molecule has 2 unspecified atom stereocenters. The van der Waals surface area contributed by atoms with Crippen molar-refractivity contribution in [3.63, 3.8) is 0 Å². The fourth-order valence-corrected chi connectivity index (χ4v) is 4.71. The zero-order valence-electron chi connectivity index (χ0n) is 14.1. The summed E-state index contributed by atoms with van der Waals surface area (Å²) in [7, 11) is 0. The third-order valence-electron chi connectivity index (χ3n) is 5.30. The molecule has 1 aromatic rings. The molecule has 0 aliphatic carbocycles. The van der Waals surface area contributed by atoms with E-state index in [0.29, 0.717) is 16.7 Å². The molecule has 4 saturated heterocycles. The van der Waals surface area contributed by atoms with E-state index in [9.17, 15) is 4.39 Å². The van der Waals surface area contributed by atoms with E-state index in [2.05, 4.69) is 32.6 Å². The van der Waals surface area contributed by atoms with E-state index in [-0.39, 0.29) is 10.4 Å². The van der Waals surface area contributed by atoms with Crippen LogP contribution in [0.15, 0.2) is 23.3 Å². The first-order valence-electron chi connectivity index (χ1n) is 8.48. The summed E-state index contributed by atoms with van der Waals surface area (Å²) in [5.74, 6) is -0.000473. The van der Waals surface area contributed by atoms with E-state index >= 15 is 0 Å². The van der Waals surface area contributed by atoms with Crippen LogP contribution in [0.1, 0.15) is 6.92 Å². The molecule has 134 valence electrons. The van der Waals surface area contributed by atoms with E-state index < -0.39 is 5.82 Å². The second-order valence-electron chi connectivity index (χ2n) is 7.42. The lowest BCUT2D eigenvalue weighted by molar-refractivity contribution is 0.130. The highest BCUT2D eigenvalue weighted by atomic mass is 35.5. The molecule has 4 fully saturated rings. The summed E-state index contributed by atoms with van der Waals surface area (Å²) in [6.45, 7) is 8.83. The van der Waals surface area contributed by atoms with Crippen LogP contribution in [0.25, 0.3) is 0 Å². The number of piperidine rings is 2. The largest absolute Gasteiger partial charge is 0.331 e. The summed E-state index contributed by atoms with van der Waals surface area (Å²) in [4.78, 5) is 5.10. The molecule has 8 heteroatoms. The zero-order valence-corrected chi connectivity index (χ0v) is 15.6. The lowest BCUT2D eigenvalue weighted by Crippen LogP contribution is -2.60. The molecule has 0 radical (unpaired) electrons. The van der Waals surface area contributed by atoms with Crippen LogP contribution in [0.4, 0.5) is 10.1 Å². The van der Waals surface area contributed by atoms with Gasteiger partial charge in [0.1, 0.15) is 5.82 Å². The van der Waals surface area contributed by atoms with Gasteiger partial charge in [0.15, 0.2) is 5.11 Å². The molecule has 0 amide bonds. The molecule has 0 saturated carbocycles. The quantitative estimate of drug-likeness (QED) is 0.608. The van der Waals surface area contributed by atoms with Gasteiger partial charge in [0.2, 0.25) is 0 Å². The Balaban J connectivity index is 1.46. The smallest absolute Gasteiger partial charge is 0.191 e. The van der Waals surface area contributed by atoms with Crippen molar-refractivity contribution in [3.05, 3.63) is 29.0 Å². The van der Waals surface area contributed by atoms with Gasteiger partial charge >= 0.3 is 0 Å². The Labute approximate surface area is 157 Å². The Hall–Kier alpha value is -1.28. The van der Waals surface area contributed by atoms with Crippen LogP contribution in [0, 0.1) is 17.2 Å². The first kappa shape index (κ1) is 17.1. The van der Waals surface area contributed by atoms with Gasteiger partial charge in [-0.3, -0.25) is 5.43 Å². The number of nitrogens with zero attached hydrogens (tertiary/aromatic N) is 3. The molecule has 4 heterocycles. The van der Waals surface area contributed by atoms with Gasteiger partial charge < -0.3 is 15.1 Å². The number of nitrogens with one attached hydrogen (secondary N) is 2. The first-order valence-corrected chi connectivity index (χ1v) is 9.26. The summed E-state index contributed by atoms with van der Waals surface area (Å²) in [6, 6.07) is 4.41. The molecule has 0 spiro atoms. The molecular weight excluding hydrogens is 361 g/mol. The van der Waals surface area contributed by atoms with Crippen molar-refractivity contribution in [2.45, 2.75) is 6.92 Å². The average Bonchev–Trinajstić information content (AvgIpc) is 2.77. The van der Waals surface area contributed by atoms with Gasteiger partial charge in [-0.15, -0.1) is 0 Å². The summed E-state index contributed by atoms with van der Waals surface area (Å²) < 4.78 is 13.2. The third kappa shape index (κ3) is 3.38. The summed E-state index contributed by atoms with van der Waals surface area (Å²) in [5, 5.41) is 8.12. The Bertz CT molecular complexity index is 724. The zero-order chi connectivity index (χ0) is 17.6. The minimum absolute atomic E-state index is 0.0620. The Morgan fingerprint density at radius 1 is 1.32 bits per heavy atom. The van der Waals surface area contributed by atoms with Gasteiger partial charge in [-0.2, -0.15) is 5.10 Å². The maximum Gasteiger partial charge on any atom is 0.191 e. The van der Waals surface area contributed by atoms with Crippen molar-refractivity contribution >= 4 is 40.3 Å². The predicted molar refractivity (Wildman–Crippen MR) is 103 cm³/mol. The number of thiocarbonyl (C=S) groups is 1. The van der Waals surface area contributed by atoms with Crippen LogP contribution in [-0.2, 0) is 0 Å². The molecule has 5 rings (SSSR count). The van der Waals surface area contributed by atoms with Gasteiger partial charge in [0.05, 0.1) is 10.7 Å².